The summed E-state index contributed by atoms with van der Waals surface area (Å²) in [7, 11) is 0. The predicted molar refractivity (Wildman–Crippen MR) is 73.1 cm³/mol. The Bertz CT molecular complexity index is 500. The van der Waals surface area contributed by atoms with Crippen LogP contribution in [0.4, 0.5) is 0 Å². The van der Waals surface area contributed by atoms with Crippen LogP contribution in [0, 0.1) is 5.51 Å². The van der Waals surface area contributed by atoms with E-state index in [2.05, 4.69) is 35.3 Å². The Balaban J connectivity index is 2.46. The van der Waals surface area contributed by atoms with E-state index in [1.54, 1.807) is 0 Å². The highest BCUT2D eigenvalue weighted by Crippen LogP contribution is 2.22. The number of hydrogen-bond donors (Lipinski definition) is 0. The zero-order chi connectivity index (χ0) is 11.5. The fraction of sp³-hybridized carbons (Fsp3) is 0.333. The van der Waals surface area contributed by atoms with Crippen LogP contribution in [0.25, 0.3) is 10.2 Å². The molecule has 0 saturated heterocycles. The highest BCUT2D eigenvalue weighted by atomic mass is 32.1. The Morgan fingerprint density at radius 3 is 2.88 bits per heavy atom. The van der Waals surface area contributed by atoms with Crippen LogP contribution < -0.4 is 0 Å². The van der Waals surface area contributed by atoms with Gasteiger partial charge in [-0.2, -0.15) is 0 Å². The van der Waals surface area contributed by atoms with E-state index >= 15 is 0 Å². The van der Waals surface area contributed by atoms with Crippen molar-refractivity contribution in [3.63, 3.8) is 0 Å². The quantitative estimate of drug-likeness (QED) is 0.778. The smallest absolute Gasteiger partial charge is 0.153 e. The molecule has 0 N–H and O–H groups in total. The number of aromatic nitrogens is 1. The number of thiazole rings is 1. The molecule has 2 rings (SSSR count). The topological polar surface area (TPSA) is 16.1 Å². The first-order valence-electron chi connectivity index (χ1n) is 5.32. The molecular formula is C12H13N2S2. The molecule has 83 valence electrons. The monoisotopic (exact) mass is 249 g/mol. The second-order valence-electron chi connectivity index (χ2n) is 3.43. The molecule has 0 aliphatic carbocycles. The maximum Gasteiger partial charge on any atom is 0.153 e. The van der Waals surface area contributed by atoms with Crippen molar-refractivity contribution < 1.29 is 0 Å². The zero-order valence-corrected chi connectivity index (χ0v) is 11.0. The summed E-state index contributed by atoms with van der Waals surface area (Å²) in [5.74, 6) is 0. The Labute approximate surface area is 105 Å². The van der Waals surface area contributed by atoms with Gasteiger partial charge in [0.2, 0.25) is 0 Å². The lowest BCUT2D eigenvalue weighted by Crippen LogP contribution is -2.29. The van der Waals surface area contributed by atoms with Gasteiger partial charge in [-0.25, -0.2) is 4.98 Å². The fourth-order valence-corrected chi connectivity index (χ4v) is 2.75. The van der Waals surface area contributed by atoms with Crippen molar-refractivity contribution in [1.29, 1.82) is 0 Å². The average molecular weight is 249 g/mol. The maximum absolute atomic E-state index is 5.51. The predicted octanol–water partition coefficient (Wildman–Crippen LogP) is 3.11. The summed E-state index contributed by atoms with van der Waals surface area (Å²) >= 11 is 7.04. The second-order valence-corrected chi connectivity index (χ2v) is 4.65. The molecule has 2 aromatic rings. The van der Waals surface area contributed by atoms with Crippen LogP contribution in [0.2, 0.25) is 0 Å². The van der Waals surface area contributed by atoms with Crippen molar-refractivity contribution in [1.82, 2.24) is 9.88 Å². The third-order valence-corrected chi connectivity index (χ3v) is 3.80. The second kappa shape index (κ2) is 4.89. The van der Waals surface area contributed by atoms with Gasteiger partial charge in [-0.15, -0.1) is 11.3 Å². The number of hydrogen-bond acceptors (Lipinski definition) is 3. The van der Waals surface area contributed by atoms with E-state index in [0.29, 0.717) is 0 Å². The van der Waals surface area contributed by atoms with Crippen LogP contribution in [-0.2, 0) is 0 Å². The van der Waals surface area contributed by atoms with Gasteiger partial charge < -0.3 is 4.90 Å². The summed E-state index contributed by atoms with van der Waals surface area (Å²) in [6.45, 7) is 6.09. The van der Waals surface area contributed by atoms with Gasteiger partial charge in [0.15, 0.2) is 5.51 Å². The Morgan fingerprint density at radius 2 is 2.19 bits per heavy atom. The summed E-state index contributed by atoms with van der Waals surface area (Å²) in [4.78, 5) is 7.32. The highest BCUT2D eigenvalue weighted by molar-refractivity contribution is 7.80. The highest BCUT2D eigenvalue weighted by Gasteiger charge is 2.12. The normalized spacial score (nSPS) is 10.6. The van der Waals surface area contributed by atoms with Crippen molar-refractivity contribution in [2.45, 2.75) is 13.8 Å². The van der Waals surface area contributed by atoms with Gasteiger partial charge >= 0.3 is 0 Å². The fourth-order valence-electron chi connectivity index (χ4n) is 1.69. The van der Waals surface area contributed by atoms with Gasteiger partial charge in [0.25, 0.3) is 0 Å². The van der Waals surface area contributed by atoms with Crippen LogP contribution in [-0.4, -0.2) is 28.0 Å². The third-order valence-electron chi connectivity index (χ3n) is 2.59. The SMILES string of the molecule is CCN(CC)C(=S)c1cccc2s[c]nc12. The first-order valence-corrected chi connectivity index (χ1v) is 6.55. The molecule has 0 aliphatic rings. The van der Waals surface area contributed by atoms with E-state index < -0.39 is 0 Å². The Morgan fingerprint density at radius 1 is 1.44 bits per heavy atom. The minimum atomic E-state index is 0.884. The molecule has 1 heterocycles. The number of para-hydroxylation sites is 1. The van der Waals surface area contributed by atoms with Gasteiger partial charge in [-0.3, -0.25) is 0 Å². The van der Waals surface area contributed by atoms with Crippen LogP contribution in [0.15, 0.2) is 18.2 Å². The average Bonchev–Trinajstić information content (AvgIpc) is 2.78. The van der Waals surface area contributed by atoms with Gasteiger partial charge in [-0.05, 0) is 26.0 Å². The molecule has 0 spiro atoms. The van der Waals surface area contributed by atoms with E-state index in [-0.39, 0.29) is 0 Å². The molecule has 1 radical (unpaired) electrons. The van der Waals surface area contributed by atoms with E-state index in [1.165, 1.54) is 11.3 Å². The summed E-state index contributed by atoms with van der Waals surface area (Å²) in [6, 6.07) is 6.12. The van der Waals surface area contributed by atoms with Crippen molar-refractivity contribution >= 4 is 38.8 Å². The lowest BCUT2D eigenvalue weighted by Gasteiger charge is -2.21. The molecule has 4 heteroatoms. The molecule has 0 amide bonds. The molecule has 0 saturated carbocycles. The Kier molecular flexibility index (Phi) is 3.51. The summed E-state index contributed by atoms with van der Waals surface area (Å²) < 4.78 is 1.15. The van der Waals surface area contributed by atoms with Crippen LogP contribution in [0.5, 0.6) is 0 Å². The molecule has 0 atom stereocenters. The number of nitrogens with zero attached hydrogens (tertiary/aromatic N) is 2. The molecule has 0 bridgehead atoms. The lowest BCUT2D eigenvalue weighted by atomic mass is 10.2. The van der Waals surface area contributed by atoms with Crippen LogP contribution in [0.1, 0.15) is 19.4 Å². The Hall–Kier alpha value is -1.00. The molecule has 0 aliphatic heterocycles. The van der Waals surface area contributed by atoms with E-state index in [0.717, 1.165) is 33.9 Å². The van der Waals surface area contributed by atoms with Gasteiger partial charge in [-0.1, -0.05) is 18.3 Å². The first-order chi connectivity index (χ1) is 7.77. The van der Waals surface area contributed by atoms with Crippen molar-refractivity contribution in [3.05, 3.63) is 29.3 Å². The molecular weight excluding hydrogens is 236 g/mol. The van der Waals surface area contributed by atoms with Crippen molar-refractivity contribution in [2.75, 3.05) is 13.1 Å². The molecule has 0 unspecified atom stereocenters. The third kappa shape index (κ3) is 1.95. The zero-order valence-electron chi connectivity index (χ0n) is 9.36. The minimum absolute atomic E-state index is 0.884. The van der Waals surface area contributed by atoms with Gasteiger partial charge in [0.1, 0.15) is 4.99 Å². The van der Waals surface area contributed by atoms with Crippen LogP contribution >= 0.6 is 23.6 Å². The number of fused-ring (bicyclic) bond motifs is 1. The minimum Gasteiger partial charge on any atom is -0.363 e. The lowest BCUT2D eigenvalue weighted by molar-refractivity contribution is 0.475. The largest absolute Gasteiger partial charge is 0.363 e. The van der Waals surface area contributed by atoms with Crippen molar-refractivity contribution in [2.24, 2.45) is 0 Å². The van der Waals surface area contributed by atoms with Crippen LogP contribution in [0.3, 0.4) is 0 Å². The molecule has 1 aromatic heterocycles. The first kappa shape index (κ1) is 11.5. The molecule has 1 aromatic carbocycles. The summed E-state index contributed by atoms with van der Waals surface area (Å²) in [5, 5.41) is 0. The number of thiocarbonyl (C=S) groups is 1. The molecule has 16 heavy (non-hydrogen) atoms. The van der Waals surface area contributed by atoms with Gasteiger partial charge in [0.05, 0.1) is 10.2 Å². The van der Waals surface area contributed by atoms with E-state index in [1.807, 2.05) is 12.1 Å². The summed E-state index contributed by atoms with van der Waals surface area (Å²) in [5.41, 5.74) is 4.95. The maximum atomic E-state index is 5.51. The van der Waals surface area contributed by atoms with E-state index in [9.17, 15) is 0 Å². The number of benzene rings is 1. The summed E-state index contributed by atoms with van der Waals surface area (Å²) in [6.07, 6.45) is 0. The number of rotatable bonds is 3. The van der Waals surface area contributed by atoms with E-state index in [4.69, 9.17) is 12.2 Å². The molecule has 0 fully saturated rings. The van der Waals surface area contributed by atoms with Gasteiger partial charge in [0, 0.05) is 18.7 Å². The van der Waals surface area contributed by atoms with Crippen molar-refractivity contribution in [3.8, 4) is 0 Å². The molecule has 2 nitrogen and oxygen atoms in total. The standard InChI is InChI=1S/C12H13N2S2/c1-3-14(4-2)12(15)9-6-5-7-10-11(9)13-8-16-10/h5-7H,3-4H2,1-2H3.